The third-order valence-electron chi connectivity index (χ3n) is 4.85. The van der Waals surface area contributed by atoms with E-state index in [2.05, 4.69) is 15.5 Å². The topological polar surface area (TPSA) is 75.2 Å². The van der Waals surface area contributed by atoms with E-state index < -0.39 is 0 Å². The monoisotopic (exact) mass is 384 g/mol. The SMILES string of the molecule is CC(=O)N1C=Cc2ccccc2[C@@H]1CC(=O)Nc1ccc(-c2ccccc2)nn1. The number of aromatic nitrogens is 2. The largest absolute Gasteiger partial charge is 0.311 e. The van der Waals surface area contributed by atoms with Crippen LogP contribution >= 0.6 is 0 Å². The Balaban J connectivity index is 1.49. The van der Waals surface area contributed by atoms with Crippen molar-refractivity contribution in [1.82, 2.24) is 15.1 Å². The van der Waals surface area contributed by atoms with Gasteiger partial charge in [-0.05, 0) is 29.3 Å². The van der Waals surface area contributed by atoms with Crippen molar-refractivity contribution in [2.24, 2.45) is 0 Å². The lowest BCUT2D eigenvalue weighted by atomic mass is 9.93. The van der Waals surface area contributed by atoms with E-state index in [1.54, 1.807) is 17.2 Å². The Morgan fingerprint density at radius 1 is 0.966 bits per heavy atom. The first-order valence-corrected chi connectivity index (χ1v) is 9.37. The lowest BCUT2D eigenvalue weighted by Crippen LogP contribution is -2.33. The van der Waals surface area contributed by atoms with Crippen LogP contribution in [-0.4, -0.2) is 26.9 Å². The van der Waals surface area contributed by atoms with Gasteiger partial charge in [-0.2, -0.15) is 0 Å². The number of hydrogen-bond acceptors (Lipinski definition) is 4. The lowest BCUT2D eigenvalue weighted by molar-refractivity contribution is -0.129. The number of nitrogens with zero attached hydrogens (tertiary/aromatic N) is 3. The number of nitrogens with one attached hydrogen (secondary N) is 1. The van der Waals surface area contributed by atoms with Gasteiger partial charge in [-0.3, -0.25) is 9.59 Å². The van der Waals surface area contributed by atoms with Crippen LogP contribution in [0, 0.1) is 0 Å². The Bertz CT molecular complexity index is 1060. The van der Waals surface area contributed by atoms with Gasteiger partial charge in [0.05, 0.1) is 18.2 Å². The third kappa shape index (κ3) is 4.06. The van der Waals surface area contributed by atoms with Crippen LogP contribution in [0.1, 0.15) is 30.5 Å². The summed E-state index contributed by atoms with van der Waals surface area (Å²) in [6.07, 6.45) is 3.75. The number of fused-ring (bicyclic) bond motifs is 1. The van der Waals surface area contributed by atoms with Crippen LogP contribution in [0.5, 0.6) is 0 Å². The summed E-state index contributed by atoms with van der Waals surface area (Å²) in [6.45, 7) is 1.50. The molecule has 1 aliphatic rings. The van der Waals surface area contributed by atoms with Gasteiger partial charge in [0.2, 0.25) is 11.8 Å². The van der Waals surface area contributed by atoms with E-state index in [1.807, 2.05) is 66.7 Å². The van der Waals surface area contributed by atoms with Crippen molar-refractivity contribution in [2.75, 3.05) is 5.32 Å². The molecule has 0 fully saturated rings. The van der Waals surface area contributed by atoms with E-state index in [0.717, 1.165) is 22.4 Å². The zero-order valence-corrected chi connectivity index (χ0v) is 15.9. The zero-order chi connectivity index (χ0) is 20.2. The maximum atomic E-state index is 12.7. The van der Waals surface area contributed by atoms with Crippen molar-refractivity contribution in [3.63, 3.8) is 0 Å². The number of hydrogen-bond donors (Lipinski definition) is 1. The Morgan fingerprint density at radius 3 is 2.45 bits per heavy atom. The molecule has 0 radical (unpaired) electrons. The molecule has 1 atom stereocenters. The van der Waals surface area contributed by atoms with Crippen molar-refractivity contribution in [3.8, 4) is 11.3 Å². The highest BCUT2D eigenvalue weighted by atomic mass is 16.2. The molecule has 6 nitrogen and oxygen atoms in total. The molecule has 2 amide bonds. The lowest BCUT2D eigenvalue weighted by Gasteiger charge is -2.32. The van der Waals surface area contributed by atoms with Gasteiger partial charge < -0.3 is 10.2 Å². The summed E-state index contributed by atoms with van der Waals surface area (Å²) in [5.41, 5.74) is 3.65. The zero-order valence-electron chi connectivity index (χ0n) is 15.9. The average Bonchev–Trinajstić information content (AvgIpc) is 2.75. The molecule has 144 valence electrons. The van der Waals surface area contributed by atoms with Gasteiger partial charge in [-0.15, -0.1) is 10.2 Å². The van der Waals surface area contributed by atoms with Crippen molar-refractivity contribution in [1.29, 1.82) is 0 Å². The molecule has 1 N–H and O–H groups in total. The first kappa shape index (κ1) is 18.6. The molecule has 0 bridgehead atoms. The van der Waals surface area contributed by atoms with E-state index in [4.69, 9.17) is 0 Å². The second kappa shape index (κ2) is 8.06. The van der Waals surface area contributed by atoms with Gasteiger partial charge in [-0.1, -0.05) is 54.6 Å². The molecule has 4 rings (SSSR count). The van der Waals surface area contributed by atoms with Crippen LogP contribution in [0.2, 0.25) is 0 Å². The van der Waals surface area contributed by atoms with E-state index in [0.29, 0.717) is 5.82 Å². The van der Waals surface area contributed by atoms with E-state index >= 15 is 0 Å². The van der Waals surface area contributed by atoms with Crippen molar-refractivity contribution < 1.29 is 9.59 Å². The maximum absolute atomic E-state index is 12.7. The molecule has 0 saturated heterocycles. The fourth-order valence-corrected chi connectivity index (χ4v) is 3.44. The number of rotatable bonds is 4. The smallest absolute Gasteiger partial charge is 0.228 e. The van der Waals surface area contributed by atoms with E-state index in [-0.39, 0.29) is 24.3 Å². The molecule has 1 aromatic heterocycles. The number of anilines is 1. The third-order valence-corrected chi connectivity index (χ3v) is 4.85. The summed E-state index contributed by atoms with van der Waals surface area (Å²) in [6, 6.07) is 20.7. The van der Waals surface area contributed by atoms with Gasteiger partial charge in [0.15, 0.2) is 5.82 Å². The molecule has 29 heavy (non-hydrogen) atoms. The summed E-state index contributed by atoms with van der Waals surface area (Å²) < 4.78 is 0. The Kier molecular flexibility index (Phi) is 5.16. The van der Waals surface area contributed by atoms with Crippen molar-refractivity contribution in [3.05, 3.63) is 84.1 Å². The number of amides is 2. The van der Waals surface area contributed by atoms with Gasteiger partial charge in [0.1, 0.15) is 0 Å². The second-order valence-electron chi connectivity index (χ2n) is 6.81. The van der Waals surface area contributed by atoms with Crippen molar-refractivity contribution >= 4 is 23.7 Å². The van der Waals surface area contributed by atoms with Crippen LogP contribution in [0.15, 0.2) is 72.9 Å². The fourth-order valence-electron chi connectivity index (χ4n) is 3.44. The molecule has 6 heteroatoms. The Morgan fingerprint density at radius 2 is 1.72 bits per heavy atom. The van der Waals surface area contributed by atoms with Gasteiger partial charge in [0, 0.05) is 18.7 Å². The van der Waals surface area contributed by atoms with Gasteiger partial charge in [-0.25, -0.2) is 0 Å². The maximum Gasteiger partial charge on any atom is 0.228 e. The van der Waals surface area contributed by atoms with Gasteiger partial charge >= 0.3 is 0 Å². The molecular formula is C23H20N4O2. The first-order valence-electron chi connectivity index (χ1n) is 9.37. The van der Waals surface area contributed by atoms with Crippen LogP contribution in [0.3, 0.4) is 0 Å². The summed E-state index contributed by atoms with van der Waals surface area (Å²) in [7, 11) is 0. The molecule has 2 heterocycles. The van der Waals surface area contributed by atoms with Crippen LogP contribution < -0.4 is 5.32 Å². The molecular weight excluding hydrogens is 364 g/mol. The molecule has 2 aromatic carbocycles. The first-order chi connectivity index (χ1) is 14.1. The highest BCUT2D eigenvalue weighted by molar-refractivity contribution is 5.91. The summed E-state index contributed by atoms with van der Waals surface area (Å²) in [5.74, 6) is 0.0392. The number of carbonyl (C=O) groups excluding carboxylic acids is 2. The summed E-state index contributed by atoms with van der Waals surface area (Å²) in [5, 5.41) is 11.1. The second-order valence-corrected chi connectivity index (χ2v) is 6.81. The highest BCUT2D eigenvalue weighted by Gasteiger charge is 2.28. The minimum absolute atomic E-state index is 0.111. The minimum atomic E-state index is -0.356. The van der Waals surface area contributed by atoms with E-state index in [1.165, 1.54) is 6.92 Å². The highest BCUT2D eigenvalue weighted by Crippen LogP contribution is 2.33. The van der Waals surface area contributed by atoms with Crippen LogP contribution in [-0.2, 0) is 9.59 Å². The van der Waals surface area contributed by atoms with Crippen molar-refractivity contribution in [2.45, 2.75) is 19.4 Å². The van der Waals surface area contributed by atoms with E-state index in [9.17, 15) is 9.59 Å². The molecule has 3 aromatic rings. The summed E-state index contributed by atoms with van der Waals surface area (Å²) >= 11 is 0. The predicted molar refractivity (Wildman–Crippen MR) is 111 cm³/mol. The number of carbonyl (C=O) groups is 2. The van der Waals surface area contributed by atoms with Gasteiger partial charge in [0.25, 0.3) is 0 Å². The molecule has 0 unspecified atom stereocenters. The molecule has 0 saturated carbocycles. The average molecular weight is 384 g/mol. The fraction of sp³-hybridized carbons (Fsp3) is 0.130. The number of benzene rings is 2. The molecule has 0 aliphatic carbocycles. The molecule has 0 spiro atoms. The van der Waals surface area contributed by atoms with Crippen LogP contribution in [0.25, 0.3) is 17.3 Å². The van der Waals surface area contributed by atoms with Crippen LogP contribution in [0.4, 0.5) is 5.82 Å². The molecule has 1 aliphatic heterocycles. The predicted octanol–water partition coefficient (Wildman–Crippen LogP) is 4.05. The summed E-state index contributed by atoms with van der Waals surface area (Å²) in [4.78, 5) is 26.3. The quantitative estimate of drug-likeness (QED) is 0.736. The minimum Gasteiger partial charge on any atom is -0.311 e. The normalized spacial score (nSPS) is 14.9. The standard InChI is InChI=1S/C23H20N4O2/c1-16(28)27-14-13-17-7-5-6-10-19(17)21(27)15-23(29)24-22-12-11-20(25-26-22)18-8-3-2-4-9-18/h2-14,21H,15H2,1H3,(H,24,26,29)/t21-/m0/s1. The Labute approximate surface area is 168 Å². The Hall–Kier alpha value is -3.80.